The lowest BCUT2D eigenvalue weighted by molar-refractivity contribution is -0.930. The Bertz CT molecular complexity index is 831. The van der Waals surface area contributed by atoms with E-state index in [1.54, 1.807) is 12.1 Å². The topological polar surface area (TPSA) is 29.6 Å². The molecule has 0 fully saturated rings. The van der Waals surface area contributed by atoms with Crippen LogP contribution >= 0.6 is 0 Å². The molecule has 0 spiro atoms. The molecule has 0 saturated heterocycles. The van der Waals surface area contributed by atoms with Crippen LogP contribution in [-0.2, 0) is 19.6 Å². The Morgan fingerprint density at radius 3 is 2.48 bits per heavy atom. The smallest absolute Gasteiger partial charge is 0.123 e. The van der Waals surface area contributed by atoms with E-state index in [4.69, 9.17) is 0 Å². The van der Waals surface area contributed by atoms with Gasteiger partial charge < -0.3 is 14.6 Å². The third-order valence-electron chi connectivity index (χ3n) is 4.89. The van der Waals surface area contributed by atoms with Crippen LogP contribution in [0.1, 0.15) is 30.2 Å². The second-order valence-electron chi connectivity index (χ2n) is 7.11. The van der Waals surface area contributed by atoms with Crippen molar-refractivity contribution >= 4 is 0 Å². The Hall–Kier alpha value is -2.43. The monoisotopic (exact) mass is 367 g/mol. The van der Waals surface area contributed by atoms with Crippen LogP contribution in [0.25, 0.3) is 0 Å². The van der Waals surface area contributed by atoms with Crippen LogP contribution in [0.5, 0.6) is 0 Å². The normalized spacial score (nSPS) is 13.4. The van der Waals surface area contributed by atoms with Gasteiger partial charge in [0.25, 0.3) is 0 Å². The molecule has 2 aromatic carbocycles. The lowest BCUT2D eigenvalue weighted by Crippen LogP contribution is -3.10. The van der Waals surface area contributed by atoms with Gasteiger partial charge in [0.2, 0.25) is 0 Å². The van der Waals surface area contributed by atoms with Crippen LogP contribution in [0.15, 0.2) is 72.9 Å². The van der Waals surface area contributed by atoms with Gasteiger partial charge in [-0.05, 0) is 36.2 Å². The Balaban J connectivity index is 1.74. The van der Waals surface area contributed by atoms with Gasteiger partial charge in [0.1, 0.15) is 31.6 Å². The number of nitrogens with one attached hydrogen (secondary N) is 1. The molecule has 3 nitrogen and oxygen atoms in total. The highest BCUT2D eigenvalue weighted by Gasteiger charge is 2.17. The van der Waals surface area contributed by atoms with Crippen molar-refractivity contribution in [1.29, 1.82) is 0 Å². The molecule has 4 heteroatoms. The molecule has 1 aromatic heterocycles. The summed E-state index contributed by atoms with van der Waals surface area (Å²) in [5.41, 5.74) is 3.40. The minimum absolute atomic E-state index is 0.205. The summed E-state index contributed by atoms with van der Waals surface area (Å²) in [6.07, 6.45) is 2.48. The van der Waals surface area contributed by atoms with E-state index in [1.165, 1.54) is 22.2 Å². The second-order valence-corrected chi connectivity index (χ2v) is 7.11. The van der Waals surface area contributed by atoms with Crippen LogP contribution < -0.4 is 4.90 Å². The summed E-state index contributed by atoms with van der Waals surface area (Å²) in [6, 6.07) is 21.3. The number of hydrogen-bond acceptors (Lipinski definition) is 1. The number of benzene rings is 2. The molecular weight excluding hydrogens is 339 g/mol. The zero-order chi connectivity index (χ0) is 19.1. The van der Waals surface area contributed by atoms with Crippen LogP contribution in [0.3, 0.4) is 0 Å². The molecule has 1 unspecified atom stereocenters. The first kappa shape index (κ1) is 19.3. The van der Waals surface area contributed by atoms with Gasteiger partial charge >= 0.3 is 0 Å². The SMILES string of the molecule is CC[C@@H](O)C[NH+](Cc1ccccc1)Cc1cccn1Cc1cccc(F)c1. The first-order valence-corrected chi connectivity index (χ1v) is 9.58. The maximum Gasteiger partial charge on any atom is 0.123 e. The van der Waals surface area contributed by atoms with E-state index in [2.05, 4.69) is 34.9 Å². The minimum Gasteiger partial charge on any atom is -0.387 e. The molecule has 0 bridgehead atoms. The van der Waals surface area contributed by atoms with E-state index in [0.29, 0.717) is 13.1 Å². The number of halogens is 1. The summed E-state index contributed by atoms with van der Waals surface area (Å²) in [6.45, 7) is 5.04. The van der Waals surface area contributed by atoms with Crippen LogP contribution in [0, 0.1) is 5.82 Å². The summed E-state index contributed by atoms with van der Waals surface area (Å²) in [4.78, 5) is 1.31. The molecule has 27 heavy (non-hydrogen) atoms. The van der Waals surface area contributed by atoms with Crippen molar-refractivity contribution in [3.63, 3.8) is 0 Å². The lowest BCUT2D eigenvalue weighted by Gasteiger charge is -2.23. The van der Waals surface area contributed by atoms with Gasteiger partial charge in [-0.1, -0.05) is 49.4 Å². The predicted octanol–water partition coefficient (Wildman–Crippen LogP) is 3.03. The molecule has 0 radical (unpaired) electrons. The fourth-order valence-electron chi connectivity index (χ4n) is 3.42. The first-order valence-electron chi connectivity index (χ1n) is 9.58. The van der Waals surface area contributed by atoms with Gasteiger partial charge in [-0.3, -0.25) is 0 Å². The van der Waals surface area contributed by atoms with Crippen LogP contribution in [0.2, 0.25) is 0 Å². The average molecular weight is 367 g/mol. The van der Waals surface area contributed by atoms with Gasteiger partial charge in [0.05, 0.1) is 5.69 Å². The van der Waals surface area contributed by atoms with Gasteiger partial charge in [-0.2, -0.15) is 0 Å². The Kier molecular flexibility index (Phi) is 6.80. The number of aromatic nitrogens is 1. The van der Waals surface area contributed by atoms with Gasteiger partial charge in [-0.25, -0.2) is 4.39 Å². The molecule has 3 rings (SSSR count). The van der Waals surface area contributed by atoms with E-state index in [0.717, 1.165) is 25.1 Å². The zero-order valence-electron chi connectivity index (χ0n) is 15.8. The molecule has 2 N–H and O–H groups in total. The number of quaternary nitrogens is 1. The van der Waals surface area contributed by atoms with Gasteiger partial charge in [0, 0.05) is 18.3 Å². The largest absolute Gasteiger partial charge is 0.387 e. The Labute approximate surface area is 160 Å². The third kappa shape index (κ3) is 5.78. The third-order valence-corrected chi connectivity index (χ3v) is 4.89. The van der Waals surface area contributed by atoms with Crippen molar-refractivity contribution in [3.05, 3.63) is 95.6 Å². The van der Waals surface area contributed by atoms with Crippen LogP contribution in [-0.4, -0.2) is 22.3 Å². The molecule has 3 aromatic rings. The first-order chi connectivity index (χ1) is 13.1. The Morgan fingerprint density at radius 2 is 1.74 bits per heavy atom. The number of nitrogens with zero attached hydrogens (tertiary/aromatic N) is 1. The zero-order valence-corrected chi connectivity index (χ0v) is 15.8. The van der Waals surface area contributed by atoms with Crippen molar-refractivity contribution in [2.24, 2.45) is 0 Å². The number of aliphatic hydroxyl groups is 1. The maximum atomic E-state index is 13.5. The fourth-order valence-corrected chi connectivity index (χ4v) is 3.42. The summed E-state index contributed by atoms with van der Waals surface area (Å²) in [7, 11) is 0. The van der Waals surface area contributed by atoms with Crippen molar-refractivity contribution in [2.75, 3.05) is 6.54 Å². The van der Waals surface area contributed by atoms with E-state index < -0.39 is 0 Å². The van der Waals surface area contributed by atoms with E-state index in [1.807, 2.05) is 31.3 Å². The maximum absolute atomic E-state index is 13.5. The van der Waals surface area contributed by atoms with E-state index in [9.17, 15) is 9.50 Å². The summed E-state index contributed by atoms with van der Waals surface area (Å²) >= 11 is 0. The van der Waals surface area contributed by atoms with Crippen molar-refractivity contribution in [1.82, 2.24) is 4.57 Å². The summed E-state index contributed by atoms with van der Waals surface area (Å²) in [5.74, 6) is -0.205. The molecule has 0 aliphatic rings. The molecule has 1 heterocycles. The number of aliphatic hydroxyl groups excluding tert-OH is 1. The second kappa shape index (κ2) is 9.49. The molecule has 142 valence electrons. The fraction of sp³-hybridized carbons (Fsp3) is 0.304. The van der Waals surface area contributed by atoms with Crippen molar-refractivity contribution in [3.8, 4) is 0 Å². The minimum atomic E-state index is -0.310. The Morgan fingerprint density at radius 1 is 0.963 bits per heavy atom. The predicted molar refractivity (Wildman–Crippen MR) is 106 cm³/mol. The van der Waals surface area contributed by atoms with Crippen molar-refractivity contribution < 1.29 is 14.4 Å². The molecule has 2 atom stereocenters. The van der Waals surface area contributed by atoms with Gasteiger partial charge in [0.15, 0.2) is 0 Å². The number of hydrogen-bond donors (Lipinski definition) is 2. The molecule has 0 amide bonds. The van der Waals surface area contributed by atoms with Gasteiger partial charge in [-0.15, -0.1) is 0 Å². The lowest BCUT2D eigenvalue weighted by atomic mass is 10.2. The summed E-state index contributed by atoms with van der Waals surface area (Å²) in [5, 5.41) is 10.2. The molecule has 0 saturated carbocycles. The highest BCUT2D eigenvalue weighted by Crippen LogP contribution is 2.09. The van der Waals surface area contributed by atoms with E-state index in [-0.39, 0.29) is 11.9 Å². The molecule has 0 aliphatic carbocycles. The quantitative estimate of drug-likeness (QED) is 0.598. The molecular formula is C23H28FN2O+. The molecule has 0 aliphatic heterocycles. The standard InChI is InChI=1S/C23H27FN2O/c1-2-23(27)18-25(15-19-8-4-3-5-9-19)17-22-12-7-13-26(22)16-20-10-6-11-21(24)14-20/h3-14,23,27H,2,15-18H2,1H3/p+1/t23-/m1/s1. The average Bonchev–Trinajstić information content (AvgIpc) is 3.09. The van der Waals surface area contributed by atoms with Crippen molar-refractivity contribution in [2.45, 2.75) is 39.1 Å². The van der Waals surface area contributed by atoms with Crippen LogP contribution in [0.4, 0.5) is 4.39 Å². The van der Waals surface area contributed by atoms with E-state index >= 15 is 0 Å². The highest BCUT2D eigenvalue weighted by atomic mass is 19.1. The highest BCUT2D eigenvalue weighted by molar-refractivity contribution is 5.19. The number of rotatable bonds is 9. The summed E-state index contributed by atoms with van der Waals surface area (Å²) < 4.78 is 15.7.